The van der Waals surface area contributed by atoms with E-state index >= 15 is 0 Å². The van der Waals surface area contributed by atoms with Crippen LogP contribution in [0, 0.1) is 5.92 Å². The molecule has 0 bridgehead atoms. The highest BCUT2D eigenvalue weighted by Gasteiger charge is 2.26. The van der Waals surface area contributed by atoms with Crippen molar-refractivity contribution in [3.63, 3.8) is 0 Å². The van der Waals surface area contributed by atoms with Crippen molar-refractivity contribution in [2.24, 2.45) is 5.92 Å². The first kappa shape index (κ1) is 13.3. The Kier molecular flexibility index (Phi) is 5.22. The molecule has 0 N–H and O–H groups in total. The van der Waals surface area contributed by atoms with E-state index in [4.69, 9.17) is 4.74 Å². The topological polar surface area (TPSA) is 19.0 Å². The molecule has 100 valence electrons. The molecule has 0 aromatic rings. The predicted molar refractivity (Wildman–Crippen MR) is 70.4 cm³/mol. The molecule has 0 aromatic heterocycles. The van der Waals surface area contributed by atoms with Gasteiger partial charge in [-0.3, -0.25) is 0 Å². The number of likely N-dealkylation sites (N-methyl/N-ethyl adjacent to an activating group) is 1. The monoisotopic (exact) mass is 241 g/mol. The second-order valence-corrected chi connectivity index (χ2v) is 5.55. The van der Waals surface area contributed by atoms with Gasteiger partial charge >= 0.3 is 0 Å². The van der Waals surface area contributed by atoms with Crippen molar-refractivity contribution in [3.8, 4) is 0 Å². The van der Waals surface area contributed by atoms with Crippen molar-refractivity contribution in [3.05, 3.63) is 0 Å². The molecule has 2 aliphatic rings. The lowest BCUT2D eigenvalue weighted by molar-refractivity contribution is 0.0510. The molecule has 2 rings (SSSR count). The Balaban J connectivity index is 1.50. The summed E-state index contributed by atoms with van der Waals surface area (Å²) < 4.78 is 5.09. The SMILES string of the molecule is COCCN1CC(CCN2CCN(C)CC2)C1. The molecule has 0 saturated carbocycles. The smallest absolute Gasteiger partial charge is 0.0589 e. The summed E-state index contributed by atoms with van der Waals surface area (Å²) in [6.07, 6.45) is 1.38. The zero-order valence-corrected chi connectivity index (χ0v) is 11.4. The van der Waals surface area contributed by atoms with E-state index in [9.17, 15) is 0 Å². The molecule has 0 aromatic carbocycles. The van der Waals surface area contributed by atoms with Gasteiger partial charge in [0, 0.05) is 52.9 Å². The Labute approximate surface area is 105 Å². The van der Waals surface area contributed by atoms with Crippen molar-refractivity contribution in [1.82, 2.24) is 14.7 Å². The summed E-state index contributed by atoms with van der Waals surface area (Å²) >= 11 is 0. The Morgan fingerprint density at radius 1 is 1.00 bits per heavy atom. The normalized spacial score (nSPS) is 25.1. The third-order valence-corrected chi connectivity index (χ3v) is 4.09. The summed E-state index contributed by atoms with van der Waals surface area (Å²) in [7, 11) is 4.00. The molecular weight excluding hydrogens is 214 g/mol. The average molecular weight is 241 g/mol. The van der Waals surface area contributed by atoms with Crippen LogP contribution in [0.4, 0.5) is 0 Å². The van der Waals surface area contributed by atoms with Crippen molar-refractivity contribution < 1.29 is 4.74 Å². The number of piperazine rings is 1. The van der Waals surface area contributed by atoms with Crippen molar-refractivity contribution in [2.45, 2.75) is 6.42 Å². The van der Waals surface area contributed by atoms with Crippen LogP contribution in [0.15, 0.2) is 0 Å². The number of ether oxygens (including phenoxy) is 1. The fraction of sp³-hybridized carbons (Fsp3) is 1.00. The van der Waals surface area contributed by atoms with Crippen LogP contribution >= 0.6 is 0 Å². The number of methoxy groups -OCH3 is 1. The van der Waals surface area contributed by atoms with Crippen LogP contribution in [0.3, 0.4) is 0 Å². The zero-order chi connectivity index (χ0) is 12.1. The molecule has 17 heavy (non-hydrogen) atoms. The van der Waals surface area contributed by atoms with Gasteiger partial charge in [0.15, 0.2) is 0 Å². The van der Waals surface area contributed by atoms with E-state index in [-0.39, 0.29) is 0 Å². The highest BCUT2D eigenvalue weighted by atomic mass is 16.5. The molecule has 0 atom stereocenters. The molecule has 0 amide bonds. The lowest BCUT2D eigenvalue weighted by Crippen LogP contribution is -2.50. The minimum Gasteiger partial charge on any atom is -0.383 e. The van der Waals surface area contributed by atoms with E-state index in [1.54, 1.807) is 7.11 Å². The van der Waals surface area contributed by atoms with Gasteiger partial charge in [-0.1, -0.05) is 0 Å². The van der Waals surface area contributed by atoms with Crippen LogP contribution < -0.4 is 0 Å². The van der Waals surface area contributed by atoms with Crippen molar-refractivity contribution >= 4 is 0 Å². The largest absolute Gasteiger partial charge is 0.383 e. The predicted octanol–water partition coefficient (Wildman–Crippen LogP) is 0.202. The molecule has 2 aliphatic heterocycles. The maximum Gasteiger partial charge on any atom is 0.0589 e. The van der Waals surface area contributed by atoms with E-state index in [2.05, 4.69) is 21.7 Å². The standard InChI is InChI=1S/C13H27N3O/c1-14-5-7-15(8-6-14)4-3-13-11-16(12-13)9-10-17-2/h13H,3-12H2,1-2H3. The first-order chi connectivity index (χ1) is 8.28. The zero-order valence-electron chi connectivity index (χ0n) is 11.4. The van der Waals surface area contributed by atoms with Crippen molar-refractivity contribution in [1.29, 1.82) is 0 Å². The molecule has 4 nitrogen and oxygen atoms in total. The molecular formula is C13H27N3O. The molecule has 4 heteroatoms. The Morgan fingerprint density at radius 3 is 2.35 bits per heavy atom. The van der Waals surface area contributed by atoms with Gasteiger partial charge < -0.3 is 19.4 Å². The maximum absolute atomic E-state index is 5.09. The molecule has 0 radical (unpaired) electrons. The van der Waals surface area contributed by atoms with Gasteiger partial charge in [-0.05, 0) is 25.9 Å². The maximum atomic E-state index is 5.09. The minimum absolute atomic E-state index is 0.880. The van der Waals surface area contributed by atoms with Gasteiger partial charge in [0.1, 0.15) is 0 Å². The molecule has 2 fully saturated rings. The summed E-state index contributed by atoms with van der Waals surface area (Å²) in [5.74, 6) is 0.937. The summed E-state index contributed by atoms with van der Waals surface area (Å²) in [5, 5.41) is 0. The van der Waals surface area contributed by atoms with E-state index < -0.39 is 0 Å². The molecule has 0 spiro atoms. The number of hydrogen-bond acceptors (Lipinski definition) is 4. The second-order valence-electron chi connectivity index (χ2n) is 5.55. The number of nitrogens with zero attached hydrogens (tertiary/aromatic N) is 3. The summed E-state index contributed by atoms with van der Waals surface area (Å²) in [5.41, 5.74) is 0. The molecule has 2 heterocycles. The number of likely N-dealkylation sites (tertiary alicyclic amines) is 1. The van der Waals surface area contributed by atoms with E-state index in [1.165, 1.54) is 52.2 Å². The van der Waals surface area contributed by atoms with E-state index in [1.807, 2.05) is 0 Å². The lowest BCUT2D eigenvalue weighted by atomic mass is 9.96. The van der Waals surface area contributed by atoms with Crippen LogP contribution in [0.5, 0.6) is 0 Å². The van der Waals surface area contributed by atoms with Gasteiger partial charge in [-0.2, -0.15) is 0 Å². The second kappa shape index (κ2) is 6.69. The van der Waals surface area contributed by atoms with Crippen molar-refractivity contribution in [2.75, 3.05) is 73.1 Å². The first-order valence-corrected chi connectivity index (χ1v) is 6.90. The van der Waals surface area contributed by atoms with Gasteiger partial charge in [0.2, 0.25) is 0 Å². The van der Waals surface area contributed by atoms with E-state index in [0.29, 0.717) is 0 Å². The quantitative estimate of drug-likeness (QED) is 0.661. The fourth-order valence-corrected chi connectivity index (χ4v) is 2.70. The number of rotatable bonds is 6. The molecule has 0 unspecified atom stereocenters. The number of hydrogen-bond donors (Lipinski definition) is 0. The summed E-state index contributed by atoms with van der Waals surface area (Å²) in [6.45, 7) is 10.9. The minimum atomic E-state index is 0.880. The third-order valence-electron chi connectivity index (χ3n) is 4.09. The van der Waals surface area contributed by atoms with Gasteiger partial charge in [0.05, 0.1) is 6.61 Å². The molecule has 2 saturated heterocycles. The highest BCUT2D eigenvalue weighted by molar-refractivity contribution is 4.81. The molecule has 0 aliphatic carbocycles. The van der Waals surface area contributed by atoms with Crippen LogP contribution in [-0.4, -0.2) is 87.8 Å². The van der Waals surface area contributed by atoms with Crippen LogP contribution in [0.25, 0.3) is 0 Å². The highest BCUT2D eigenvalue weighted by Crippen LogP contribution is 2.19. The van der Waals surface area contributed by atoms with Gasteiger partial charge in [-0.15, -0.1) is 0 Å². The summed E-state index contributed by atoms with van der Waals surface area (Å²) in [6, 6.07) is 0. The Bertz CT molecular complexity index is 211. The summed E-state index contributed by atoms with van der Waals surface area (Å²) in [4.78, 5) is 7.54. The third kappa shape index (κ3) is 4.21. The lowest BCUT2D eigenvalue weighted by Gasteiger charge is -2.41. The first-order valence-electron chi connectivity index (χ1n) is 6.90. The van der Waals surface area contributed by atoms with Crippen LogP contribution in [0.1, 0.15) is 6.42 Å². The fourth-order valence-electron chi connectivity index (χ4n) is 2.70. The Hall–Kier alpha value is -0.160. The van der Waals surface area contributed by atoms with Crippen LogP contribution in [-0.2, 0) is 4.74 Å². The Morgan fingerprint density at radius 2 is 1.71 bits per heavy atom. The average Bonchev–Trinajstić information content (AvgIpc) is 2.29. The van der Waals surface area contributed by atoms with Crippen LogP contribution in [0.2, 0.25) is 0 Å². The van der Waals surface area contributed by atoms with Gasteiger partial charge in [0.25, 0.3) is 0 Å². The van der Waals surface area contributed by atoms with Gasteiger partial charge in [-0.25, -0.2) is 0 Å². The van der Waals surface area contributed by atoms with E-state index in [0.717, 1.165) is 19.1 Å².